The van der Waals surface area contributed by atoms with Gasteiger partial charge in [0.1, 0.15) is 0 Å². The number of hydrogen-bond acceptors (Lipinski definition) is 0. The summed E-state index contributed by atoms with van der Waals surface area (Å²) in [5, 5.41) is 4.07. The lowest BCUT2D eigenvalue weighted by Gasteiger charge is -2.22. The quantitative estimate of drug-likeness (QED) is 0.443. The van der Waals surface area contributed by atoms with E-state index in [0.717, 1.165) is 6.42 Å². The zero-order valence-corrected chi connectivity index (χ0v) is 9.45. The highest BCUT2D eigenvalue weighted by molar-refractivity contribution is 5.24. The third kappa shape index (κ3) is 2.34. The van der Waals surface area contributed by atoms with Crippen LogP contribution in [0.1, 0.15) is 18.4 Å². The van der Waals surface area contributed by atoms with E-state index in [2.05, 4.69) is 5.32 Å². The van der Waals surface area contributed by atoms with Crippen LogP contribution in [0.25, 0.3) is 0 Å². The molecule has 1 radical (unpaired) electrons. The van der Waals surface area contributed by atoms with Crippen LogP contribution in [0.3, 0.4) is 0 Å². The first-order valence-corrected chi connectivity index (χ1v) is 5.66. The smallest absolute Gasteiger partial charge is 0.200 e. The minimum absolute atomic E-state index is 0.160. The molecular weight excluding hydrogens is 253 g/mol. The Hall–Kier alpha value is -1.17. The van der Waals surface area contributed by atoms with E-state index in [0.29, 0.717) is 19.5 Å². The number of piperidine rings is 1. The Kier molecular flexibility index (Phi) is 3.85. The lowest BCUT2D eigenvalue weighted by Crippen LogP contribution is -2.26. The van der Waals surface area contributed by atoms with E-state index >= 15 is 0 Å². The molecule has 99 valence electrons. The predicted octanol–water partition coefficient (Wildman–Crippen LogP) is 2.94. The molecule has 1 aliphatic rings. The van der Waals surface area contributed by atoms with Crippen LogP contribution in [0.5, 0.6) is 0 Å². The van der Waals surface area contributed by atoms with E-state index in [4.69, 9.17) is 0 Å². The van der Waals surface area contributed by atoms with Gasteiger partial charge in [0.15, 0.2) is 23.3 Å². The zero-order chi connectivity index (χ0) is 13.3. The summed E-state index contributed by atoms with van der Waals surface area (Å²) in [4.78, 5) is 0. The average molecular weight is 264 g/mol. The van der Waals surface area contributed by atoms with Crippen molar-refractivity contribution in [2.75, 3.05) is 13.1 Å². The fraction of sp³-hybridized carbons (Fsp3) is 0.500. The highest BCUT2D eigenvalue weighted by atomic mass is 19.2. The van der Waals surface area contributed by atoms with E-state index in [-0.39, 0.29) is 12.3 Å². The van der Waals surface area contributed by atoms with Gasteiger partial charge in [0.05, 0.1) is 0 Å². The molecule has 1 aliphatic heterocycles. The molecule has 1 heterocycles. The summed E-state index contributed by atoms with van der Waals surface area (Å²) in [5.74, 6) is -9.48. The molecule has 1 nitrogen and oxygen atoms in total. The van der Waals surface area contributed by atoms with Crippen molar-refractivity contribution in [3.63, 3.8) is 0 Å². The largest absolute Gasteiger partial charge is 0.241 e. The monoisotopic (exact) mass is 264 g/mol. The lowest BCUT2D eigenvalue weighted by molar-refractivity contribution is 0.338. The Morgan fingerprint density at radius 2 is 1.44 bits per heavy atom. The van der Waals surface area contributed by atoms with Crippen molar-refractivity contribution in [2.24, 2.45) is 5.92 Å². The second-order valence-electron chi connectivity index (χ2n) is 4.39. The summed E-state index contributed by atoms with van der Waals surface area (Å²) in [7, 11) is 0. The Bertz CT molecular complexity index is 425. The van der Waals surface area contributed by atoms with Crippen molar-refractivity contribution in [1.29, 1.82) is 0 Å². The average Bonchev–Trinajstić information content (AvgIpc) is 2.40. The van der Waals surface area contributed by atoms with Crippen LogP contribution in [-0.2, 0) is 6.42 Å². The maximum absolute atomic E-state index is 13.4. The molecule has 1 unspecified atom stereocenters. The molecule has 1 atom stereocenters. The lowest BCUT2D eigenvalue weighted by atomic mass is 9.91. The molecule has 2 rings (SSSR count). The van der Waals surface area contributed by atoms with E-state index in [9.17, 15) is 22.0 Å². The number of halogens is 5. The third-order valence-corrected chi connectivity index (χ3v) is 3.11. The topological polar surface area (TPSA) is 14.1 Å². The van der Waals surface area contributed by atoms with Gasteiger partial charge in [-0.2, -0.15) is 0 Å². The van der Waals surface area contributed by atoms with Crippen LogP contribution >= 0.6 is 0 Å². The Labute approximate surface area is 101 Å². The van der Waals surface area contributed by atoms with Gasteiger partial charge in [-0.1, -0.05) is 0 Å². The van der Waals surface area contributed by atoms with Crippen LogP contribution in [-0.4, -0.2) is 13.1 Å². The molecule has 0 aliphatic carbocycles. The van der Waals surface area contributed by atoms with Crippen molar-refractivity contribution < 1.29 is 22.0 Å². The van der Waals surface area contributed by atoms with Crippen LogP contribution in [0.2, 0.25) is 0 Å². The second kappa shape index (κ2) is 5.22. The normalized spacial score (nSPS) is 20.2. The third-order valence-electron chi connectivity index (χ3n) is 3.11. The number of hydrogen-bond donors (Lipinski definition) is 0. The standard InChI is InChI=1S/C12H11F5N/c13-8-7(4-6-2-1-3-18-5-6)9(14)11(16)12(17)10(8)15/h6H,1-5H2. The molecule has 0 N–H and O–H groups in total. The van der Waals surface area contributed by atoms with Gasteiger partial charge >= 0.3 is 0 Å². The highest BCUT2D eigenvalue weighted by Crippen LogP contribution is 2.26. The first kappa shape index (κ1) is 13.3. The van der Waals surface area contributed by atoms with Crippen molar-refractivity contribution >= 4 is 0 Å². The minimum atomic E-state index is -2.11. The first-order chi connectivity index (χ1) is 8.52. The van der Waals surface area contributed by atoms with Gasteiger partial charge in [0.25, 0.3) is 0 Å². The molecule has 1 aromatic rings. The summed E-state index contributed by atoms with van der Waals surface area (Å²) in [6.45, 7) is 1.09. The van der Waals surface area contributed by atoms with Crippen molar-refractivity contribution in [1.82, 2.24) is 5.32 Å². The molecule has 6 heteroatoms. The van der Waals surface area contributed by atoms with Crippen LogP contribution in [0.4, 0.5) is 22.0 Å². The van der Waals surface area contributed by atoms with Crippen molar-refractivity contribution in [2.45, 2.75) is 19.3 Å². The second-order valence-corrected chi connectivity index (χ2v) is 4.39. The van der Waals surface area contributed by atoms with Gasteiger partial charge in [-0.3, -0.25) is 0 Å². The molecule has 1 fully saturated rings. The number of rotatable bonds is 2. The molecule has 0 amide bonds. The molecular formula is C12H11F5N. The van der Waals surface area contributed by atoms with Gasteiger partial charge in [0, 0.05) is 18.7 Å². The summed E-state index contributed by atoms with van der Waals surface area (Å²) >= 11 is 0. The Morgan fingerprint density at radius 1 is 0.889 bits per heavy atom. The van der Waals surface area contributed by atoms with Crippen molar-refractivity contribution in [3.05, 3.63) is 34.6 Å². The van der Waals surface area contributed by atoms with Crippen LogP contribution in [0, 0.1) is 35.0 Å². The van der Waals surface area contributed by atoms with Gasteiger partial charge in [-0.25, -0.2) is 27.3 Å². The van der Waals surface area contributed by atoms with Crippen LogP contribution in [0.15, 0.2) is 0 Å². The molecule has 0 aromatic heterocycles. The molecule has 1 saturated heterocycles. The number of benzene rings is 1. The SMILES string of the molecule is Fc1c(F)c(F)c(CC2CCC[N]C2)c(F)c1F. The van der Waals surface area contributed by atoms with Gasteiger partial charge in [-0.05, 0) is 25.2 Å². The fourth-order valence-corrected chi connectivity index (χ4v) is 2.14. The molecule has 18 heavy (non-hydrogen) atoms. The van der Waals surface area contributed by atoms with E-state index in [1.54, 1.807) is 0 Å². The van der Waals surface area contributed by atoms with E-state index < -0.39 is 34.6 Å². The number of nitrogens with zero attached hydrogens (tertiary/aromatic N) is 1. The van der Waals surface area contributed by atoms with Gasteiger partial charge in [-0.15, -0.1) is 0 Å². The van der Waals surface area contributed by atoms with Gasteiger partial charge in [0.2, 0.25) is 5.82 Å². The fourth-order valence-electron chi connectivity index (χ4n) is 2.14. The van der Waals surface area contributed by atoms with Crippen LogP contribution < -0.4 is 5.32 Å². The Balaban J connectivity index is 2.32. The van der Waals surface area contributed by atoms with E-state index in [1.807, 2.05) is 0 Å². The predicted molar refractivity (Wildman–Crippen MR) is 54.5 cm³/mol. The molecule has 0 bridgehead atoms. The molecule has 0 spiro atoms. The van der Waals surface area contributed by atoms with Gasteiger partial charge < -0.3 is 0 Å². The molecule has 1 aromatic carbocycles. The van der Waals surface area contributed by atoms with Crippen molar-refractivity contribution in [3.8, 4) is 0 Å². The first-order valence-electron chi connectivity index (χ1n) is 5.66. The maximum atomic E-state index is 13.4. The summed E-state index contributed by atoms with van der Waals surface area (Å²) in [5.41, 5.74) is -0.728. The van der Waals surface area contributed by atoms with E-state index in [1.165, 1.54) is 0 Å². The highest BCUT2D eigenvalue weighted by Gasteiger charge is 2.27. The summed E-state index contributed by atoms with van der Waals surface area (Å²) < 4.78 is 65.6. The summed E-state index contributed by atoms with van der Waals surface area (Å²) in [6.07, 6.45) is 1.29. The zero-order valence-electron chi connectivity index (χ0n) is 9.45. The molecule has 0 saturated carbocycles. The summed E-state index contributed by atoms with van der Waals surface area (Å²) in [6, 6.07) is 0. The maximum Gasteiger partial charge on any atom is 0.200 e. The minimum Gasteiger partial charge on any atom is -0.241 e. The Morgan fingerprint density at radius 3 is 1.94 bits per heavy atom.